The average Bonchev–Trinajstić information content (AvgIpc) is 3.35. The molecule has 6 nitrogen and oxygen atoms in total. The second-order valence-electron chi connectivity index (χ2n) is 6.81. The third kappa shape index (κ3) is 4.97. The van der Waals surface area contributed by atoms with Crippen molar-refractivity contribution < 1.29 is 26.4 Å². The molecule has 2 aromatic heterocycles. The van der Waals surface area contributed by atoms with E-state index in [2.05, 4.69) is 4.98 Å². The lowest BCUT2D eigenvalue weighted by Gasteiger charge is -2.18. The lowest BCUT2D eigenvalue weighted by Crippen LogP contribution is -2.35. The van der Waals surface area contributed by atoms with E-state index >= 15 is 0 Å². The number of aromatic nitrogens is 1. The van der Waals surface area contributed by atoms with E-state index in [1.54, 1.807) is 42.5 Å². The van der Waals surface area contributed by atoms with Crippen molar-refractivity contribution in [3.63, 3.8) is 0 Å². The molecular weight excluding hydrogens is 446 g/mol. The van der Waals surface area contributed by atoms with Crippen molar-refractivity contribution in [2.24, 2.45) is 0 Å². The number of sulfone groups is 1. The largest absolute Gasteiger partial charge is 0.467 e. The zero-order valence-electron chi connectivity index (χ0n) is 16.0. The summed E-state index contributed by atoms with van der Waals surface area (Å²) in [5, 5.41) is 0.0517. The van der Waals surface area contributed by atoms with Crippen LogP contribution in [0, 0.1) is 11.6 Å². The Morgan fingerprint density at radius 3 is 2.58 bits per heavy atom. The van der Waals surface area contributed by atoms with Crippen molar-refractivity contribution in [1.29, 1.82) is 0 Å². The maximum Gasteiger partial charge on any atom is 0.244 e. The van der Waals surface area contributed by atoms with Gasteiger partial charge in [-0.15, -0.1) is 0 Å². The van der Waals surface area contributed by atoms with Crippen LogP contribution in [0.5, 0.6) is 0 Å². The van der Waals surface area contributed by atoms with Gasteiger partial charge in [-0.1, -0.05) is 41.7 Å². The van der Waals surface area contributed by atoms with Crippen LogP contribution in [-0.4, -0.2) is 25.1 Å². The minimum atomic E-state index is -3.79. The summed E-state index contributed by atoms with van der Waals surface area (Å²) in [4.78, 5) is 18.2. The number of nitrogens with zero attached hydrogens (tertiary/aromatic N) is 2. The fourth-order valence-electron chi connectivity index (χ4n) is 3.03. The quantitative estimate of drug-likeness (QED) is 0.409. The Hall–Kier alpha value is -3.11. The molecule has 2 heterocycles. The van der Waals surface area contributed by atoms with Crippen LogP contribution >= 0.6 is 11.3 Å². The third-order valence-electron chi connectivity index (χ3n) is 4.40. The summed E-state index contributed by atoms with van der Waals surface area (Å²) in [6.45, 7) is -0.101. The van der Waals surface area contributed by atoms with E-state index in [9.17, 15) is 22.0 Å². The van der Waals surface area contributed by atoms with Crippen LogP contribution in [0.25, 0.3) is 10.2 Å². The van der Waals surface area contributed by atoms with Crippen LogP contribution in [0.15, 0.2) is 65.3 Å². The van der Waals surface area contributed by atoms with E-state index < -0.39 is 33.1 Å². The van der Waals surface area contributed by atoms with Crippen LogP contribution in [0.1, 0.15) is 11.3 Å². The second-order valence-corrected chi connectivity index (χ2v) is 9.88. The van der Waals surface area contributed by atoms with Gasteiger partial charge < -0.3 is 4.42 Å². The van der Waals surface area contributed by atoms with Crippen LogP contribution < -0.4 is 4.90 Å². The SMILES string of the molecule is O=C(CS(=O)(=O)Cc1ccccc1)N(Cc1ccco1)c1nc2c(F)cc(F)cc2s1. The third-order valence-corrected chi connectivity index (χ3v) is 6.89. The van der Waals surface area contributed by atoms with E-state index in [1.165, 1.54) is 6.26 Å². The van der Waals surface area contributed by atoms with Gasteiger partial charge in [-0.25, -0.2) is 22.2 Å². The smallest absolute Gasteiger partial charge is 0.244 e. The van der Waals surface area contributed by atoms with E-state index in [4.69, 9.17) is 4.42 Å². The molecule has 0 fully saturated rings. The summed E-state index contributed by atoms with van der Waals surface area (Å²) in [6.07, 6.45) is 1.41. The molecule has 0 aliphatic rings. The zero-order chi connectivity index (χ0) is 22.0. The number of amides is 1. The van der Waals surface area contributed by atoms with Gasteiger partial charge in [-0.3, -0.25) is 9.69 Å². The number of furan rings is 1. The van der Waals surface area contributed by atoms with Gasteiger partial charge in [0.15, 0.2) is 20.8 Å². The average molecular weight is 462 g/mol. The van der Waals surface area contributed by atoms with Crippen molar-refractivity contribution in [3.05, 3.63) is 83.8 Å². The number of benzene rings is 2. The number of halogens is 2. The Morgan fingerprint density at radius 2 is 1.87 bits per heavy atom. The Labute approximate surface area is 180 Å². The van der Waals surface area contributed by atoms with Gasteiger partial charge >= 0.3 is 0 Å². The number of rotatable bonds is 7. The number of hydrogen-bond acceptors (Lipinski definition) is 6. The van der Waals surface area contributed by atoms with Crippen molar-refractivity contribution in [1.82, 2.24) is 4.98 Å². The highest BCUT2D eigenvalue weighted by Crippen LogP contribution is 2.32. The molecule has 0 aliphatic heterocycles. The lowest BCUT2D eigenvalue weighted by atomic mass is 10.2. The van der Waals surface area contributed by atoms with E-state index in [0.29, 0.717) is 17.4 Å². The Kier molecular flexibility index (Phi) is 5.84. The van der Waals surface area contributed by atoms with Crippen molar-refractivity contribution >= 4 is 42.4 Å². The molecule has 31 heavy (non-hydrogen) atoms. The first kappa shape index (κ1) is 21.1. The molecule has 0 unspecified atom stereocenters. The molecule has 10 heteroatoms. The molecule has 0 saturated carbocycles. The molecule has 0 saturated heterocycles. The monoisotopic (exact) mass is 462 g/mol. The fraction of sp³-hybridized carbons (Fsp3) is 0.143. The van der Waals surface area contributed by atoms with E-state index in [1.807, 2.05) is 0 Å². The molecular formula is C21H16F2N2O4S2. The molecule has 0 atom stereocenters. The maximum absolute atomic E-state index is 14.1. The van der Waals surface area contributed by atoms with Crippen LogP contribution in [0.4, 0.5) is 13.9 Å². The highest BCUT2D eigenvalue weighted by molar-refractivity contribution is 7.91. The van der Waals surface area contributed by atoms with Crippen LogP contribution in [0.3, 0.4) is 0 Å². The van der Waals surface area contributed by atoms with E-state index in [0.717, 1.165) is 22.3 Å². The first-order valence-corrected chi connectivity index (χ1v) is 11.8. The summed E-state index contributed by atoms with van der Waals surface area (Å²) < 4.78 is 58.4. The van der Waals surface area contributed by atoms with Crippen LogP contribution in [0.2, 0.25) is 0 Å². The van der Waals surface area contributed by atoms with Crippen molar-refractivity contribution in [2.45, 2.75) is 12.3 Å². The van der Waals surface area contributed by atoms with Gasteiger partial charge in [0, 0.05) is 6.07 Å². The Morgan fingerprint density at radius 1 is 1.10 bits per heavy atom. The molecule has 160 valence electrons. The number of fused-ring (bicyclic) bond motifs is 1. The normalized spacial score (nSPS) is 11.7. The number of anilines is 1. The lowest BCUT2D eigenvalue weighted by molar-refractivity contribution is -0.116. The van der Waals surface area contributed by atoms with Gasteiger partial charge in [0.2, 0.25) is 5.91 Å². The standard InChI is InChI=1S/C21H16F2N2O4S2/c22-15-9-17(23)20-18(10-15)30-21(24-20)25(11-16-7-4-8-29-16)19(26)13-31(27,28)12-14-5-2-1-3-6-14/h1-10H,11-13H2. The van der Waals surface area contributed by atoms with Crippen molar-refractivity contribution in [2.75, 3.05) is 10.7 Å². The number of hydrogen-bond donors (Lipinski definition) is 0. The predicted molar refractivity (Wildman–Crippen MR) is 113 cm³/mol. The first-order valence-electron chi connectivity index (χ1n) is 9.13. The van der Waals surface area contributed by atoms with E-state index in [-0.39, 0.29) is 27.6 Å². The van der Waals surface area contributed by atoms with Gasteiger partial charge in [0.25, 0.3) is 0 Å². The molecule has 1 amide bonds. The predicted octanol–water partition coefficient (Wildman–Crippen LogP) is 4.32. The van der Waals surface area contributed by atoms with Crippen LogP contribution in [-0.2, 0) is 26.9 Å². The Bertz CT molecular complexity index is 1320. The molecule has 0 radical (unpaired) electrons. The molecule has 2 aromatic carbocycles. The summed E-state index contributed by atoms with van der Waals surface area (Å²) in [7, 11) is -3.79. The summed E-state index contributed by atoms with van der Waals surface area (Å²) in [6, 6.07) is 13.6. The van der Waals surface area contributed by atoms with Gasteiger partial charge in [0.1, 0.15) is 22.8 Å². The molecule has 0 aliphatic carbocycles. The summed E-state index contributed by atoms with van der Waals surface area (Å²) in [5.74, 6) is -3.05. The highest BCUT2D eigenvalue weighted by Gasteiger charge is 2.27. The topological polar surface area (TPSA) is 80.5 Å². The van der Waals surface area contributed by atoms with Gasteiger partial charge in [-0.05, 0) is 23.8 Å². The Balaban J connectivity index is 1.65. The molecule has 4 aromatic rings. The zero-order valence-corrected chi connectivity index (χ0v) is 17.6. The first-order chi connectivity index (χ1) is 14.8. The molecule has 4 rings (SSSR count). The fourth-order valence-corrected chi connectivity index (χ4v) is 5.38. The molecule has 0 spiro atoms. The summed E-state index contributed by atoms with van der Waals surface area (Å²) in [5.41, 5.74) is 0.469. The number of carbonyl (C=O) groups excluding carboxylic acids is 1. The maximum atomic E-state index is 14.1. The summed E-state index contributed by atoms with van der Waals surface area (Å²) >= 11 is 0.891. The van der Waals surface area contributed by atoms with Gasteiger partial charge in [-0.2, -0.15) is 0 Å². The highest BCUT2D eigenvalue weighted by atomic mass is 32.2. The van der Waals surface area contributed by atoms with Gasteiger partial charge in [0.05, 0.1) is 23.3 Å². The second kappa shape index (κ2) is 8.56. The number of carbonyl (C=O) groups is 1. The molecule has 0 bridgehead atoms. The molecule has 0 N–H and O–H groups in total. The van der Waals surface area contributed by atoms with Crippen molar-refractivity contribution in [3.8, 4) is 0 Å². The number of thiazole rings is 1. The minimum absolute atomic E-state index is 0.0517. The minimum Gasteiger partial charge on any atom is -0.467 e.